The summed E-state index contributed by atoms with van der Waals surface area (Å²) < 4.78 is 5.52. The van der Waals surface area contributed by atoms with Crippen LogP contribution in [-0.4, -0.2) is 30.2 Å². The monoisotopic (exact) mass is 207 g/mol. The third kappa shape index (κ3) is 2.02. The van der Waals surface area contributed by atoms with Gasteiger partial charge < -0.3 is 20.0 Å². The molecule has 0 amide bonds. The lowest BCUT2D eigenvalue weighted by atomic mass is 10.3. The molecule has 1 heterocycles. The molecule has 0 bridgehead atoms. The van der Waals surface area contributed by atoms with E-state index in [4.69, 9.17) is 4.74 Å². The number of fused-ring (bicyclic) bond motifs is 1. The van der Waals surface area contributed by atoms with E-state index in [0.29, 0.717) is 12.4 Å². The number of rotatable bonds is 4. The SMILES string of the molecule is CNCCOc1cccc2[nH]c(=O)[nH]c12. The summed E-state index contributed by atoms with van der Waals surface area (Å²) in [6, 6.07) is 5.51. The first-order valence-electron chi connectivity index (χ1n) is 4.79. The molecule has 0 saturated heterocycles. The van der Waals surface area contributed by atoms with Crippen LogP contribution in [0.4, 0.5) is 0 Å². The predicted octanol–water partition coefficient (Wildman–Crippen LogP) is 0.454. The maximum Gasteiger partial charge on any atom is 0.323 e. The summed E-state index contributed by atoms with van der Waals surface area (Å²) in [5, 5.41) is 2.99. The van der Waals surface area contributed by atoms with Crippen molar-refractivity contribution < 1.29 is 4.74 Å². The quantitative estimate of drug-likeness (QED) is 0.638. The van der Waals surface area contributed by atoms with Crippen LogP contribution >= 0.6 is 0 Å². The topological polar surface area (TPSA) is 69.9 Å². The first-order chi connectivity index (χ1) is 7.31. The van der Waals surface area contributed by atoms with E-state index in [1.807, 2.05) is 25.2 Å². The molecule has 0 saturated carbocycles. The predicted molar refractivity (Wildman–Crippen MR) is 58.3 cm³/mol. The van der Waals surface area contributed by atoms with Gasteiger partial charge in [-0.2, -0.15) is 0 Å². The molecule has 5 heteroatoms. The van der Waals surface area contributed by atoms with Crippen LogP contribution in [0.15, 0.2) is 23.0 Å². The van der Waals surface area contributed by atoms with Crippen LogP contribution < -0.4 is 15.7 Å². The Labute approximate surface area is 86.5 Å². The minimum absolute atomic E-state index is 0.213. The van der Waals surface area contributed by atoms with Gasteiger partial charge in [-0.05, 0) is 19.2 Å². The van der Waals surface area contributed by atoms with E-state index in [0.717, 1.165) is 17.6 Å². The first kappa shape index (κ1) is 9.79. The highest BCUT2D eigenvalue weighted by atomic mass is 16.5. The second-order valence-corrected chi connectivity index (χ2v) is 3.21. The Morgan fingerprint density at radius 1 is 1.40 bits per heavy atom. The summed E-state index contributed by atoms with van der Waals surface area (Å²) in [7, 11) is 1.86. The molecule has 15 heavy (non-hydrogen) atoms. The zero-order valence-corrected chi connectivity index (χ0v) is 8.46. The molecule has 1 aromatic carbocycles. The fourth-order valence-electron chi connectivity index (χ4n) is 1.41. The number of benzene rings is 1. The molecule has 0 aliphatic carbocycles. The number of para-hydroxylation sites is 1. The molecular weight excluding hydrogens is 194 g/mol. The summed E-state index contributed by atoms with van der Waals surface area (Å²) in [4.78, 5) is 16.5. The highest BCUT2D eigenvalue weighted by molar-refractivity contribution is 5.80. The molecule has 0 spiro atoms. The van der Waals surface area contributed by atoms with Gasteiger partial charge in [0.2, 0.25) is 0 Å². The summed E-state index contributed by atoms with van der Waals surface area (Å²) in [5.74, 6) is 0.695. The van der Waals surface area contributed by atoms with Crippen molar-refractivity contribution in [2.24, 2.45) is 0 Å². The maximum atomic E-state index is 11.1. The van der Waals surface area contributed by atoms with Gasteiger partial charge >= 0.3 is 5.69 Å². The standard InChI is InChI=1S/C10H13N3O2/c1-11-5-6-15-8-4-2-3-7-9(8)13-10(14)12-7/h2-4,11H,5-6H2,1H3,(H2,12,13,14). The normalized spacial score (nSPS) is 10.7. The van der Waals surface area contributed by atoms with E-state index in [2.05, 4.69) is 15.3 Å². The van der Waals surface area contributed by atoms with E-state index < -0.39 is 0 Å². The third-order valence-corrected chi connectivity index (χ3v) is 2.12. The minimum Gasteiger partial charge on any atom is -0.490 e. The van der Waals surface area contributed by atoms with Gasteiger partial charge in [-0.15, -0.1) is 0 Å². The summed E-state index contributed by atoms with van der Waals surface area (Å²) >= 11 is 0. The number of aromatic amines is 2. The molecule has 2 aromatic rings. The third-order valence-electron chi connectivity index (χ3n) is 2.12. The average Bonchev–Trinajstić information content (AvgIpc) is 2.59. The average molecular weight is 207 g/mol. The van der Waals surface area contributed by atoms with Gasteiger partial charge in [0.15, 0.2) is 0 Å². The van der Waals surface area contributed by atoms with Gasteiger partial charge in [0.1, 0.15) is 17.9 Å². The summed E-state index contributed by atoms with van der Waals surface area (Å²) in [6.45, 7) is 1.34. The van der Waals surface area contributed by atoms with Crippen molar-refractivity contribution in [1.29, 1.82) is 0 Å². The number of nitrogens with one attached hydrogen (secondary N) is 3. The lowest BCUT2D eigenvalue weighted by Crippen LogP contribution is -2.16. The first-order valence-corrected chi connectivity index (χ1v) is 4.79. The Kier molecular flexibility index (Phi) is 2.73. The summed E-state index contributed by atoms with van der Waals surface area (Å²) in [6.07, 6.45) is 0. The molecule has 0 unspecified atom stereocenters. The van der Waals surface area contributed by atoms with Crippen molar-refractivity contribution in [3.8, 4) is 5.75 Å². The maximum absolute atomic E-state index is 11.1. The molecule has 0 atom stereocenters. The van der Waals surface area contributed by atoms with Gasteiger partial charge in [-0.3, -0.25) is 0 Å². The van der Waals surface area contributed by atoms with Crippen molar-refractivity contribution >= 4 is 11.0 Å². The van der Waals surface area contributed by atoms with E-state index >= 15 is 0 Å². The Morgan fingerprint density at radius 2 is 2.27 bits per heavy atom. The Balaban J connectivity index is 2.29. The van der Waals surface area contributed by atoms with Gasteiger partial charge in [0.05, 0.1) is 5.52 Å². The van der Waals surface area contributed by atoms with Crippen LogP contribution in [-0.2, 0) is 0 Å². The van der Waals surface area contributed by atoms with Crippen LogP contribution in [0, 0.1) is 0 Å². The molecule has 0 radical (unpaired) electrons. The molecule has 1 aromatic heterocycles. The Bertz CT molecular complexity index is 501. The molecule has 2 rings (SSSR count). The number of aromatic nitrogens is 2. The number of ether oxygens (including phenoxy) is 1. The Hall–Kier alpha value is -1.75. The van der Waals surface area contributed by atoms with E-state index in [9.17, 15) is 4.79 Å². The van der Waals surface area contributed by atoms with E-state index in [-0.39, 0.29) is 5.69 Å². The Morgan fingerprint density at radius 3 is 3.07 bits per heavy atom. The van der Waals surface area contributed by atoms with Crippen molar-refractivity contribution in [3.63, 3.8) is 0 Å². The van der Waals surface area contributed by atoms with Crippen LogP contribution in [0.2, 0.25) is 0 Å². The van der Waals surface area contributed by atoms with Crippen molar-refractivity contribution in [2.45, 2.75) is 0 Å². The zero-order valence-electron chi connectivity index (χ0n) is 8.46. The highest BCUT2D eigenvalue weighted by Crippen LogP contribution is 2.20. The van der Waals surface area contributed by atoms with Crippen LogP contribution in [0.1, 0.15) is 0 Å². The number of H-pyrrole nitrogens is 2. The second-order valence-electron chi connectivity index (χ2n) is 3.21. The summed E-state index contributed by atoms with van der Waals surface area (Å²) in [5.41, 5.74) is 1.27. The second kappa shape index (κ2) is 4.18. The lowest BCUT2D eigenvalue weighted by molar-refractivity contribution is 0.321. The minimum atomic E-state index is -0.213. The van der Waals surface area contributed by atoms with Gasteiger partial charge in [0, 0.05) is 6.54 Å². The molecular formula is C10H13N3O2. The van der Waals surface area contributed by atoms with Crippen molar-refractivity contribution in [3.05, 3.63) is 28.7 Å². The molecule has 0 aliphatic heterocycles. The fourth-order valence-corrected chi connectivity index (χ4v) is 1.41. The van der Waals surface area contributed by atoms with Crippen LogP contribution in [0.25, 0.3) is 11.0 Å². The van der Waals surface area contributed by atoms with E-state index in [1.165, 1.54) is 0 Å². The molecule has 80 valence electrons. The largest absolute Gasteiger partial charge is 0.490 e. The fraction of sp³-hybridized carbons (Fsp3) is 0.300. The van der Waals surface area contributed by atoms with Gasteiger partial charge in [-0.1, -0.05) is 6.07 Å². The lowest BCUT2D eigenvalue weighted by Gasteiger charge is -2.05. The van der Waals surface area contributed by atoms with Crippen molar-refractivity contribution in [2.75, 3.05) is 20.2 Å². The van der Waals surface area contributed by atoms with E-state index in [1.54, 1.807) is 0 Å². The molecule has 0 fully saturated rings. The number of imidazole rings is 1. The molecule has 3 N–H and O–H groups in total. The molecule has 0 aliphatic rings. The van der Waals surface area contributed by atoms with Crippen molar-refractivity contribution in [1.82, 2.24) is 15.3 Å². The van der Waals surface area contributed by atoms with Gasteiger partial charge in [-0.25, -0.2) is 4.79 Å². The number of likely N-dealkylation sites (N-methyl/N-ethyl adjacent to an activating group) is 1. The van der Waals surface area contributed by atoms with Gasteiger partial charge in [0.25, 0.3) is 0 Å². The van der Waals surface area contributed by atoms with Crippen LogP contribution in [0.3, 0.4) is 0 Å². The smallest absolute Gasteiger partial charge is 0.323 e. The zero-order chi connectivity index (χ0) is 10.7. The van der Waals surface area contributed by atoms with Crippen LogP contribution in [0.5, 0.6) is 5.75 Å². The number of hydrogen-bond acceptors (Lipinski definition) is 3. The molecule has 5 nitrogen and oxygen atoms in total. The highest BCUT2D eigenvalue weighted by Gasteiger charge is 2.04. The number of hydrogen-bond donors (Lipinski definition) is 3.